The molecule has 1 atom stereocenters. The lowest BCUT2D eigenvalue weighted by molar-refractivity contribution is 0.469. The lowest BCUT2D eigenvalue weighted by Gasteiger charge is -2.10. The molecule has 1 N–H and O–H groups in total. The Kier molecular flexibility index (Phi) is 3.94. The van der Waals surface area contributed by atoms with Gasteiger partial charge in [0.25, 0.3) is 10.1 Å². The van der Waals surface area contributed by atoms with Gasteiger partial charge >= 0.3 is 0 Å². The van der Waals surface area contributed by atoms with Crippen molar-refractivity contribution in [3.63, 3.8) is 0 Å². The van der Waals surface area contributed by atoms with Crippen LogP contribution in [-0.2, 0) is 16.5 Å². The topological polar surface area (TPSA) is 67.3 Å². The Balaban J connectivity index is 3.00. The van der Waals surface area contributed by atoms with Crippen molar-refractivity contribution in [3.05, 3.63) is 28.0 Å². The molecule has 1 aromatic heterocycles. The number of aromatic nitrogens is 1. The highest BCUT2D eigenvalue weighted by Crippen LogP contribution is 2.25. The highest BCUT2D eigenvalue weighted by Gasteiger charge is 2.20. The maximum atomic E-state index is 10.8. The molecule has 15 heavy (non-hydrogen) atoms. The number of nitrogens with zero attached hydrogens (tertiary/aromatic N) is 1. The van der Waals surface area contributed by atoms with Gasteiger partial charge in [-0.3, -0.25) is 9.54 Å². The maximum Gasteiger partial charge on any atom is 0.267 e. The Hall–Kier alpha value is -0.360. The van der Waals surface area contributed by atoms with Crippen LogP contribution in [0.25, 0.3) is 0 Å². The average Bonchev–Trinajstić information content (AvgIpc) is 2.09. The summed E-state index contributed by atoms with van der Waals surface area (Å²) in [6.07, 6.45) is 2.80. The minimum atomic E-state index is -4.07. The zero-order valence-electron chi connectivity index (χ0n) is 7.81. The molecular formula is C8H9Cl2NO3S. The van der Waals surface area contributed by atoms with Gasteiger partial charge in [0.2, 0.25) is 0 Å². The third kappa shape index (κ3) is 3.31. The third-order valence-electron chi connectivity index (χ3n) is 1.95. The van der Waals surface area contributed by atoms with Crippen molar-refractivity contribution in [3.8, 4) is 0 Å². The number of rotatable bonds is 3. The van der Waals surface area contributed by atoms with Gasteiger partial charge < -0.3 is 0 Å². The Morgan fingerprint density at radius 3 is 2.27 bits per heavy atom. The zero-order valence-corrected chi connectivity index (χ0v) is 10.1. The van der Waals surface area contributed by atoms with Gasteiger partial charge in [-0.15, -0.1) is 0 Å². The third-order valence-corrected chi connectivity index (χ3v) is 3.79. The number of pyridine rings is 1. The molecule has 1 heterocycles. The largest absolute Gasteiger partial charge is 0.285 e. The van der Waals surface area contributed by atoms with E-state index in [1.807, 2.05) is 0 Å². The van der Waals surface area contributed by atoms with E-state index in [0.717, 1.165) is 0 Å². The second kappa shape index (κ2) is 4.65. The van der Waals surface area contributed by atoms with Crippen LogP contribution in [0.4, 0.5) is 0 Å². The van der Waals surface area contributed by atoms with E-state index in [9.17, 15) is 8.42 Å². The summed E-state index contributed by atoms with van der Waals surface area (Å²) in [5, 5.41) is -0.370. The molecule has 0 saturated heterocycles. The first-order valence-corrected chi connectivity index (χ1v) is 6.32. The fraction of sp³-hybridized carbons (Fsp3) is 0.375. The van der Waals surface area contributed by atoms with E-state index in [-0.39, 0.29) is 16.5 Å². The molecule has 1 aromatic rings. The van der Waals surface area contributed by atoms with Crippen LogP contribution in [0.5, 0.6) is 0 Å². The summed E-state index contributed by atoms with van der Waals surface area (Å²) in [6.45, 7) is 1.38. The van der Waals surface area contributed by atoms with Gasteiger partial charge in [-0.2, -0.15) is 8.42 Å². The summed E-state index contributed by atoms with van der Waals surface area (Å²) in [6, 6.07) is 0. The van der Waals surface area contributed by atoms with Crippen molar-refractivity contribution in [2.24, 2.45) is 0 Å². The van der Waals surface area contributed by atoms with Gasteiger partial charge in [0.1, 0.15) is 0 Å². The molecule has 0 fully saturated rings. The van der Waals surface area contributed by atoms with E-state index < -0.39 is 15.4 Å². The van der Waals surface area contributed by atoms with Crippen LogP contribution in [0.2, 0.25) is 10.0 Å². The Labute approximate surface area is 98.0 Å². The summed E-state index contributed by atoms with van der Waals surface area (Å²) >= 11 is 11.6. The summed E-state index contributed by atoms with van der Waals surface area (Å²) < 4.78 is 30.4. The van der Waals surface area contributed by atoms with Crippen LogP contribution in [0.3, 0.4) is 0 Å². The van der Waals surface area contributed by atoms with Crippen molar-refractivity contribution in [2.75, 3.05) is 0 Å². The monoisotopic (exact) mass is 269 g/mol. The Morgan fingerprint density at radius 1 is 1.40 bits per heavy atom. The van der Waals surface area contributed by atoms with E-state index in [1.54, 1.807) is 0 Å². The smallest absolute Gasteiger partial charge is 0.267 e. The fourth-order valence-electron chi connectivity index (χ4n) is 1.03. The highest BCUT2D eigenvalue weighted by molar-refractivity contribution is 7.86. The van der Waals surface area contributed by atoms with Crippen LogP contribution in [0.15, 0.2) is 12.4 Å². The van der Waals surface area contributed by atoms with Crippen molar-refractivity contribution < 1.29 is 13.0 Å². The van der Waals surface area contributed by atoms with Crippen molar-refractivity contribution in [1.82, 2.24) is 4.98 Å². The van der Waals surface area contributed by atoms with E-state index in [4.69, 9.17) is 27.8 Å². The summed E-state index contributed by atoms with van der Waals surface area (Å²) in [5.74, 6) is 0. The van der Waals surface area contributed by atoms with Gasteiger partial charge in [-0.1, -0.05) is 23.2 Å². The molecule has 0 radical (unpaired) electrons. The highest BCUT2D eigenvalue weighted by atomic mass is 35.5. The molecule has 0 aliphatic heterocycles. The van der Waals surface area contributed by atoms with E-state index in [1.165, 1.54) is 19.3 Å². The molecule has 84 valence electrons. The second-order valence-corrected chi connectivity index (χ2v) is 5.76. The Bertz CT molecular complexity index is 441. The predicted molar refractivity (Wildman–Crippen MR) is 59.0 cm³/mol. The molecule has 0 aliphatic carbocycles. The van der Waals surface area contributed by atoms with Gasteiger partial charge in [0.05, 0.1) is 15.3 Å². The Morgan fingerprint density at radius 2 is 1.87 bits per heavy atom. The molecular weight excluding hydrogens is 261 g/mol. The first-order valence-electron chi connectivity index (χ1n) is 4.06. The van der Waals surface area contributed by atoms with Crippen LogP contribution >= 0.6 is 23.2 Å². The molecule has 0 unspecified atom stereocenters. The minimum absolute atomic E-state index is 0.0546. The molecule has 0 amide bonds. The normalized spacial score (nSPS) is 13.9. The average molecular weight is 270 g/mol. The predicted octanol–water partition coefficient (Wildman–Crippen LogP) is 2.21. The van der Waals surface area contributed by atoms with Crippen molar-refractivity contribution in [1.29, 1.82) is 0 Å². The number of halogens is 2. The molecule has 7 heteroatoms. The van der Waals surface area contributed by atoms with Crippen LogP contribution in [0.1, 0.15) is 12.5 Å². The van der Waals surface area contributed by atoms with Crippen molar-refractivity contribution >= 4 is 33.3 Å². The van der Waals surface area contributed by atoms with E-state index in [0.29, 0.717) is 5.56 Å². The number of hydrogen-bond acceptors (Lipinski definition) is 3. The zero-order chi connectivity index (χ0) is 11.6. The molecule has 0 spiro atoms. The summed E-state index contributed by atoms with van der Waals surface area (Å²) in [4.78, 5) is 3.74. The molecule has 4 nitrogen and oxygen atoms in total. The lowest BCUT2D eigenvalue weighted by atomic mass is 10.1. The quantitative estimate of drug-likeness (QED) is 0.855. The van der Waals surface area contributed by atoms with Crippen LogP contribution < -0.4 is 0 Å². The minimum Gasteiger partial charge on any atom is -0.285 e. The second-order valence-electron chi connectivity index (χ2n) is 3.11. The molecule has 0 saturated carbocycles. The van der Waals surface area contributed by atoms with E-state index in [2.05, 4.69) is 4.98 Å². The van der Waals surface area contributed by atoms with Crippen LogP contribution in [0, 0.1) is 0 Å². The SMILES string of the molecule is C[C@@H](Cc1c(Cl)cncc1Cl)S(=O)(=O)O. The molecule has 0 aromatic carbocycles. The van der Waals surface area contributed by atoms with Gasteiger partial charge in [0, 0.05) is 12.4 Å². The van der Waals surface area contributed by atoms with Gasteiger partial charge in [0.15, 0.2) is 0 Å². The van der Waals surface area contributed by atoms with Gasteiger partial charge in [-0.25, -0.2) is 0 Å². The summed E-state index contributed by atoms with van der Waals surface area (Å²) in [7, 11) is -4.07. The first-order chi connectivity index (χ1) is 6.82. The standard InChI is InChI=1S/C8H9Cl2NO3S/c1-5(15(12,13)14)2-6-7(9)3-11-4-8(6)10/h3-5H,2H2,1H3,(H,12,13,14)/t5-/m0/s1. The molecule has 0 aliphatic rings. The van der Waals surface area contributed by atoms with Gasteiger partial charge in [-0.05, 0) is 18.9 Å². The van der Waals surface area contributed by atoms with Crippen molar-refractivity contribution in [2.45, 2.75) is 18.6 Å². The maximum absolute atomic E-state index is 10.8. The molecule has 0 bridgehead atoms. The number of hydrogen-bond donors (Lipinski definition) is 1. The van der Waals surface area contributed by atoms with E-state index >= 15 is 0 Å². The lowest BCUT2D eigenvalue weighted by Crippen LogP contribution is -2.19. The summed E-state index contributed by atoms with van der Waals surface area (Å²) in [5.41, 5.74) is 0.471. The first kappa shape index (κ1) is 12.7. The van der Waals surface area contributed by atoms with Crippen LogP contribution in [-0.4, -0.2) is 23.2 Å². The fourth-order valence-corrected chi connectivity index (χ4v) is 1.92. The molecule has 1 rings (SSSR count).